The second-order valence-corrected chi connectivity index (χ2v) is 7.95. The van der Waals surface area contributed by atoms with Crippen LogP contribution in [0.25, 0.3) is 0 Å². The summed E-state index contributed by atoms with van der Waals surface area (Å²) < 4.78 is 7.32. The summed E-state index contributed by atoms with van der Waals surface area (Å²) in [5.41, 5.74) is 1.38. The minimum absolute atomic E-state index is 0.0646. The van der Waals surface area contributed by atoms with E-state index in [4.69, 9.17) is 16.3 Å². The Hall–Kier alpha value is -3.32. The van der Waals surface area contributed by atoms with Gasteiger partial charge in [-0.25, -0.2) is 0 Å². The third-order valence-corrected chi connectivity index (χ3v) is 5.06. The SMILES string of the molecule is CC(C)N(CCC(=O)n1cccc1)C(=O)c1cc(Cl)cc(OCCNc2ccncc2)c1. The van der Waals surface area contributed by atoms with Crippen molar-refractivity contribution < 1.29 is 14.3 Å². The number of benzene rings is 1. The quantitative estimate of drug-likeness (QED) is 0.453. The molecule has 1 N–H and O–H groups in total. The minimum Gasteiger partial charge on any atom is -0.492 e. The first-order valence-corrected chi connectivity index (χ1v) is 10.9. The van der Waals surface area contributed by atoms with Crippen molar-refractivity contribution in [1.29, 1.82) is 0 Å². The van der Waals surface area contributed by atoms with Gasteiger partial charge in [-0.05, 0) is 56.3 Å². The molecule has 0 atom stereocenters. The van der Waals surface area contributed by atoms with Gasteiger partial charge >= 0.3 is 0 Å². The van der Waals surface area contributed by atoms with Gasteiger partial charge in [0.25, 0.3) is 5.91 Å². The van der Waals surface area contributed by atoms with E-state index >= 15 is 0 Å². The lowest BCUT2D eigenvalue weighted by atomic mass is 10.1. The lowest BCUT2D eigenvalue weighted by molar-refractivity contribution is 0.0686. The summed E-state index contributed by atoms with van der Waals surface area (Å²) in [6.45, 7) is 5.14. The van der Waals surface area contributed by atoms with Crippen LogP contribution in [0.5, 0.6) is 5.75 Å². The van der Waals surface area contributed by atoms with Gasteiger partial charge in [-0.15, -0.1) is 0 Å². The van der Waals surface area contributed by atoms with Crippen molar-refractivity contribution in [1.82, 2.24) is 14.5 Å². The molecule has 0 radical (unpaired) electrons. The number of pyridine rings is 1. The predicted molar refractivity (Wildman–Crippen MR) is 126 cm³/mol. The number of hydrogen-bond donors (Lipinski definition) is 1. The molecule has 168 valence electrons. The average Bonchev–Trinajstić information content (AvgIpc) is 3.32. The van der Waals surface area contributed by atoms with Gasteiger partial charge in [-0.2, -0.15) is 0 Å². The highest BCUT2D eigenvalue weighted by atomic mass is 35.5. The Kier molecular flexibility index (Phi) is 8.27. The topological polar surface area (TPSA) is 76.5 Å². The molecule has 2 heterocycles. The highest BCUT2D eigenvalue weighted by molar-refractivity contribution is 6.31. The molecule has 1 amide bonds. The van der Waals surface area contributed by atoms with Crippen LogP contribution < -0.4 is 10.1 Å². The molecule has 3 rings (SSSR count). The van der Waals surface area contributed by atoms with Crippen molar-refractivity contribution in [2.24, 2.45) is 0 Å². The van der Waals surface area contributed by atoms with Crippen LogP contribution in [-0.2, 0) is 0 Å². The van der Waals surface area contributed by atoms with Gasteiger partial charge in [0.1, 0.15) is 12.4 Å². The Morgan fingerprint density at radius 1 is 1.16 bits per heavy atom. The smallest absolute Gasteiger partial charge is 0.254 e. The van der Waals surface area contributed by atoms with Crippen LogP contribution in [0.15, 0.2) is 67.3 Å². The van der Waals surface area contributed by atoms with Crippen LogP contribution >= 0.6 is 11.6 Å². The molecule has 0 bridgehead atoms. The zero-order valence-electron chi connectivity index (χ0n) is 18.2. The third-order valence-electron chi connectivity index (χ3n) is 4.84. The van der Waals surface area contributed by atoms with E-state index in [1.807, 2.05) is 26.0 Å². The third kappa shape index (κ3) is 6.59. The molecule has 0 aliphatic heterocycles. The fourth-order valence-corrected chi connectivity index (χ4v) is 3.43. The van der Waals surface area contributed by atoms with Gasteiger partial charge < -0.3 is 15.0 Å². The second kappa shape index (κ2) is 11.3. The molecule has 0 unspecified atom stereocenters. The summed E-state index contributed by atoms with van der Waals surface area (Å²) >= 11 is 6.25. The summed E-state index contributed by atoms with van der Waals surface area (Å²) in [6.07, 6.45) is 7.06. The number of carbonyl (C=O) groups excluding carboxylic acids is 2. The predicted octanol–water partition coefficient (Wildman–Crippen LogP) is 4.61. The second-order valence-electron chi connectivity index (χ2n) is 7.51. The molecule has 0 fully saturated rings. The number of amides is 1. The molecule has 0 spiro atoms. The van der Waals surface area contributed by atoms with Gasteiger partial charge in [-0.1, -0.05) is 11.6 Å². The normalized spacial score (nSPS) is 10.8. The molecule has 0 saturated carbocycles. The highest BCUT2D eigenvalue weighted by Crippen LogP contribution is 2.23. The molecular formula is C24H27ClN4O3. The molecule has 1 aromatic carbocycles. The maximum Gasteiger partial charge on any atom is 0.254 e. The van der Waals surface area contributed by atoms with Crippen molar-refractivity contribution in [3.8, 4) is 5.75 Å². The number of hydrogen-bond acceptors (Lipinski definition) is 5. The van der Waals surface area contributed by atoms with E-state index in [1.165, 1.54) is 4.57 Å². The van der Waals surface area contributed by atoms with Gasteiger partial charge in [0.15, 0.2) is 0 Å². The van der Waals surface area contributed by atoms with Crippen LogP contribution in [0, 0.1) is 0 Å². The lowest BCUT2D eigenvalue weighted by Gasteiger charge is -2.27. The molecular weight excluding hydrogens is 428 g/mol. The highest BCUT2D eigenvalue weighted by Gasteiger charge is 2.21. The van der Waals surface area contributed by atoms with Gasteiger partial charge in [0.05, 0.1) is 0 Å². The molecule has 0 aliphatic carbocycles. The van der Waals surface area contributed by atoms with Crippen LogP contribution in [0.1, 0.15) is 35.4 Å². The molecule has 32 heavy (non-hydrogen) atoms. The number of nitrogens with one attached hydrogen (secondary N) is 1. The standard InChI is InChI=1S/C24H27ClN4O3/c1-18(2)29(13-7-23(30)28-11-3-4-12-28)24(31)19-15-20(25)17-22(16-19)32-14-10-27-21-5-8-26-9-6-21/h3-6,8-9,11-12,15-18H,7,10,13-14H2,1-2H3,(H,26,27). The van der Waals surface area contributed by atoms with E-state index in [-0.39, 0.29) is 24.3 Å². The Bertz CT molecular complexity index is 1020. The number of rotatable bonds is 10. The zero-order chi connectivity index (χ0) is 22.9. The lowest BCUT2D eigenvalue weighted by Crippen LogP contribution is -2.38. The van der Waals surface area contributed by atoms with Crippen LogP contribution in [-0.4, -0.2) is 52.0 Å². The van der Waals surface area contributed by atoms with Gasteiger partial charge in [-0.3, -0.25) is 19.1 Å². The van der Waals surface area contributed by atoms with Crippen LogP contribution in [0.4, 0.5) is 5.69 Å². The largest absolute Gasteiger partial charge is 0.492 e. The first-order valence-electron chi connectivity index (χ1n) is 10.5. The molecule has 2 aromatic heterocycles. The monoisotopic (exact) mass is 454 g/mol. The van der Waals surface area contributed by atoms with E-state index in [0.717, 1.165) is 5.69 Å². The van der Waals surface area contributed by atoms with Crippen molar-refractivity contribution >= 4 is 29.1 Å². The van der Waals surface area contributed by atoms with Crippen molar-refractivity contribution in [3.63, 3.8) is 0 Å². The summed E-state index contributed by atoms with van der Waals surface area (Å²) in [7, 11) is 0. The van der Waals surface area contributed by atoms with Crippen molar-refractivity contribution in [2.75, 3.05) is 25.0 Å². The number of carbonyl (C=O) groups is 2. The fraction of sp³-hybridized carbons (Fsp3) is 0.292. The Labute approximate surface area is 193 Å². The van der Waals surface area contributed by atoms with Crippen LogP contribution in [0.2, 0.25) is 5.02 Å². The van der Waals surface area contributed by atoms with E-state index < -0.39 is 0 Å². The maximum absolute atomic E-state index is 13.2. The Morgan fingerprint density at radius 3 is 2.56 bits per heavy atom. The van der Waals surface area contributed by atoms with E-state index in [1.54, 1.807) is 60.0 Å². The first kappa shape index (κ1) is 23.3. The molecule has 0 saturated heterocycles. The Morgan fingerprint density at radius 2 is 1.88 bits per heavy atom. The molecule has 7 nitrogen and oxygen atoms in total. The Balaban J connectivity index is 1.60. The van der Waals surface area contributed by atoms with Crippen molar-refractivity contribution in [2.45, 2.75) is 26.3 Å². The average molecular weight is 455 g/mol. The summed E-state index contributed by atoms with van der Waals surface area (Å²) in [4.78, 5) is 31.2. The van der Waals surface area contributed by atoms with E-state index in [2.05, 4.69) is 10.3 Å². The number of aromatic nitrogens is 2. The minimum atomic E-state index is -0.192. The summed E-state index contributed by atoms with van der Waals surface area (Å²) in [6, 6.07) is 12.2. The zero-order valence-corrected chi connectivity index (χ0v) is 19.0. The van der Waals surface area contributed by atoms with Gasteiger partial charge in [0, 0.05) is 66.6 Å². The maximum atomic E-state index is 13.2. The number of nitrogens with zero attached hydrogens (tertiary/aromatic N) is 3. The van der Waals surface area contributed by atoms with E-state index in [9.17, 15) is 9.59 Å². The summed E-state index contributed by atoms with van der Waals surface area (Å²) in [5, 5.41) is 3.65. The number of anilines is 1. The number of halogens is 1. The number of ether oxygens (including phenoxy) is 1. The molecule has 3 aromatic rings. The van der Waals surface area contributed by atoms with E-state index in [0.29, 0.717) is 36.0 Å². The molecule has 8 heteroatoms. The van der Waals surface area contributed by atoms with Crippen LogP contribution in [0.3, 0.4) is 0 Å². The van der Waals surface area contributed by atoms with Gasteiger partial charge in [0.2, 0.25) is 5.91 Å². The first-order chi connectivity index (χ1) is 15.4. The summed E-state index contributed by atoms with van der Waals surface area (Å²) in [5.74, 6) is 0.261. The van der Waals surface area contributed by atoms with Crippen molar-refractivity contribution in [3.05, 3.63) is 77.8 Å². The fourth-order valence-electron chi connectivity index (χ4n) is 3.21. The molecule has 0 aliphatic rings.